The van der Waals surface area contributed by atoms with E-state index in [0.717, 1.165) is 0 Å². The quantitative estimate of drug-likeness (QED) is 0.193. The number of aromatic nitrogens is 1. The maximum absolute atomic E-state index is 12.4. The van der Waals surface area contributed by atoms with Crippen LogP contribution in [0.4, 0.5) is 5.69 Å². The molecule has 0 fully saturated rings. The number of rotatable bonds is 6. The molecule has 1 heterocycles. The summed E-state index contributed by atoms with van der Waals surface area (Å²) in [6, 6.07) is 13.1. The van der Waals surface area contributed by atoms with E-state index in [9.17, 15) is 19.7 Å². The third kappa shape index (κ3) is 5.32. The van der Waals surface area contributed by atoms with Crippen molar-refractivity contribution in [1.82, 2.24) is 10.4 Å². The summed E-state index contributed by atoms with van der Waals surface area (Å²) in [4.78, 5) is 38.4. The maximum Gasteiger partial charge on any atom is 0.343 e. The number of nitro benzene ring substituents is 1. The van der Waals surface area contributed by atoms with Crippen molar-refractivity contribution in [3.63, 3.8) is 0 Å². The first kappa shape index (κ1) is 20.8. The molecule has 1 aromatic heterocycles. The molecule has 0 spiro atoms. The molecule has 0 bridgehead atoms. The van der Waals surface area contributed by atoms with Crippen molar-refractivity contribution in [3.8, 4) is 5.75 Å². The predicted octanol–water partition coefficient (Wildman–Crippen LogP) is 3.74. The molecule has 1 N–H and O–H groups in total. The van der Waals surface area contributed by atoms with Crippen molar-refractivity contribution in [1.29, 1.82) is 0 Å². The van der Waals surface area contributed by atoms with Crippen molar-refractivity contribution < 1.29 is 19.2 Å². The van der Waals surface area contributed by atoms with Gasteiger partial charge >= 0.3 is 5.97 Å². The van der Waals surface area contributed by atoms with E-state index in [0.29, 0.717) is 15.6 Å². The number of amides is 1. The van der Waals surface area contributed by atoms with E-state index in [4.69, 9.17) is 4.74 Å². The van der Waals surface area contributed by atoms with Gasteiger partial charge in [0.1, 0.15) is 5.75 Å². The van der Waals surface area contributed by atoms with Crippen LogP contribution >= 0.6 is 15.9 Å². The number of pyridine rings is 1. The maximum atomic E-state index is 12.4. The van der Waals surface area contributed by atoms with Crippen LogP contribution in [0.5, 0.6) is 5.75 Å². The van der Waals surface area contributed by atoms with Gasteiger partial charge in [0.2, 0.25) is 0 Å². The largest absolute Gasteiger partial charge is 0.422 e. The Balaban J connectivity index is 1.73. The zero-order valence-electron chi connectivity index (χ0n) is 15.2. The number of hydrazone groups is 1. The summed E-state index contributed by atoms with van der Waals surface area (Å²) in [6.07, 6.45) is 4.28. The second-order valence-corrected chi connectivity index (χ2v) is 6.73. The number of ether oxygens (including phenoxy) is 1. The lowest BCUT2D eigenvalue weighted by Gasteiger charge is -2.08. The number of nitro groups is 1. The molecule has 0 aliphatic rings. The topological polar surface area (TPSA) is 124 Å². The first-order chi connectivity index (χ1) is 14.4. The van der Waals surface area contributed by atoms with Gasteiger partial charge in [-0.15, -0.1) is 0 Å². The Morgan fingerprint density at radius 1 is 1.13 bits per heavy atom. The molecule has 3 aromatic rings. The Hall–Kier alpha value is -3.92. The van der Waals surface area contributed by atoms with Crippen LogP contribution in [0.3, 0.4) is 0 Å². The molecule has 0 aliphatic heterocycles. The lowest BCUT2D eigenvalue weighted by Crippen LogP contribution is -2.17. The Morgan fingerprint density at radius 3 is 2.57 bits per heavy atom. The van der Waals surface area contributed by atoms with Gasteiger partial charge in [-0.25, -0.2) is 10.2 Å². The molecule has 150 valence electrons. The summed E-state index contributed by atoms with van der Waals surface area (Å²) >= 11 is 3.32. The smallest absolute Gasteiger partial charge is 0.343 e. The van der Waals surface area contributed by atoms with Crippen molar-refractivity contribution in [2.45, 2.75) is 0 Å². The number of nitrogens with one attached hydrogen (secondary N) is 1. The SMILES string of the molecule is O=C(N/N=C\c1cc(Br)ccc1OC(=O)c1ccc([N+](=O)[O-])cc1)c1cccnc1. The van der Waals surface area contributed by atoms with Gasteiger partial charge in [0, 0.05) is 34.6 Å². The molecule has 0 atom stereocenters. The molecule has 0 unspecified atom stereocenters. The van der Waals surface area contributed by atoms with E-state index >= 15 is 0 Å². The van der Waals surface area contributed by atoms with Gasteiger partial charge in [-0.1, -0.05) is 15.9 Å². The molecule has 3 rings (SSSR count). The van der Waals surface area contributed by atoms with Gasteiger partial charge < -0.3 is 4.74 Å². The molecule has 10 heteroatoms. The molecular weight excluding hydrogens is 456 g/mol. The van der Waals surface area contributed by atoms with Crippen molar-refractivity contribution in [2.75, 3.05) is 0 Å². The highest BCUT2D eigenvalue weighted by atomic mass is 79.9. The fourth-order valence-corrected chi connectivity index (χ4v) is 2.69. The lowest BCUT2D eigenvalue weighted by molar-refractivity contribution is -0.384. The van der Waals surface area contributed by atoms with E-state index in [1.54, 1.807) is 36.5 Å². The second kappa shape index (κ2) is 9.52. The Bertz CT molecular complexity index is 1120. The fraction of sp³-hybridized carbons (Fsp3) is 0. The summed E-state index contributed by atoms with van der Waals surface area (Å²) in [7, 11) is 0. The number of benzene rings is 2. The van der Waals surface area contributed by atoms with Crippen molar-refractivity contribution in [3.05, 3.63) is 98.3 Å². The minimum absolute atomic E-state index is 0.132. The van der Waals surface area contributed by atoms with Crippen LogP contribution < -0.4 is 10.2 Å². The van der Waals surface area contributed by atoms with E-state index in [2.05, 4.69) is 31.4 Å². The van der Waals surface area contributed by atoms with Gasteiger partial charge in [-0.05, 0) is 42.5 Å². The molecule has 0 saturated heterocycles. The van der Waals surface area contributed by atoms with Crippen LogP contribution in [0.25, 0.3) is 0 Å². The van der Waals surface area contributed by atoms with Gasteiger partial charge in [-0.2, -0.15) is 5.10 Å². The highest BCUT2D eigenvalue weighted by Crippen LogP contribution is 2.23. The molecule has 1 amide bonds. The molecule has 0 aliphatic carbocycles. The van der Waals surface area contributed by atoms with Crippen LogP contribution in [0.15, 0.2) is 76.6 Å². The minimum atomic E-state index is -0.693. The number of hydrogen-bond donors (Lipinski definition) is 1. The van der Waals surface area contributed by atoms with Crippen LogP contribution in [-0.2, 0) is 0 Å². The predicted molar refractivity (Wildman–Crippen MR) is 111 cm³/mol. The summed E-state index contributed by atoms with van der Waals surface area (Å²) in [5, 5.41) is 14.6. The molecule has 30 heavy (non-hydrogen) atoms. The number of hydrogen-bond acceptors (Lipinski definition) is 7. The number of halogens is 1. The highest BCUT2D eigenvalue weighted by molar-refractivity contribution is 9.10. The first-order valence-corrected chi connectivity index (χ1v) is 9.23. The van der Waals surface area contributed by atoms with Crippen molar-refractivity contribution >= 4 is 39.7 Å². The van der Waals surface area contributed by atoms with E-state index in [-0.39, 0.29) is 17.0 Å². The monoisotopic (exact) mass is 468 g/mol. The average Bonchev–Trinajstić information content (AvgIpc) is 2.76. The lowest BCUT2D eigenvalue weighted by atomic mass is 10.2. The fourth-order valence-electron chi connectivity index (χ4n) is 2.31. The molecule has 0 saturated carbocycles. The number of non-ortho nitro benzene ring substituents is 1. The second-order valence-electron chi connectivity index (χ2n) is 5.82. The van der Waals surface area contributed by atoms with Gasteiger partial charge in [0.05, 0.1) is 22.3 Å². The number of nitrogens with zero attached hydrogens (tertiary/aromatic N) is 3. The van der Waals surface area contributed by atoms with Gasteiger partial charge in [0.15, 0.2) is 0 Å². The van der Waals surface area contributed by atoms with E-state index in [1.807, 2.05) is 0 Å². The third-order valence-electron chi connectivity index (χ3n) is 3.78. The summed E-state index contributed by atoms with van der Waals surface area (Å²) in [5.74, 6) is -0.944. The summed E-state index contributed by atoms with van der Waals surface area (Å²) in [6.45, 7) is 0. The van der Waals surface area contributed by atoms with E-state index < -0.39 is 16.8 Å². The first-order valence-electron chi connectivity index (χ1n) is 8.43. The van der Waals surface area contributed by atoms with E-state index in [1.165, 1.54) is 36.7 Å². The minimum Gasteiger partial charge on any atom is -0.422 e. The normalized spacial score (nSPS) is 10.6. The van der Waals surface area contributed by atoms with Crippen LogP contribution in [-0.4, -0.2) is 28.0 Å². The third-order valence-corrected chi connectivity index (χ3v) is 4.28. The highest BCUT2D eigenvalue weighted by Gasteiger charge is 2.14. The Morgan fingerprint density at radius 2 is 1.90 bits per heavy atom. The zero-order chi connectivity index (χ0) is 21.5. The van der Waals surface area contributed by atoms with Crippen LogP contribution in [0, 0.1) is 10.1 Å². The Kier molecular flexibility index (Phi) is 6.60. The van der Waals surface area contributed by atoms with Crippen LogP contribution in [0.2, 0.25) is 0 Å². The standard InChI is InChI=1S/C20H13BrN4O5/c21-16-5-8-18(30-20(27)13-3-6-17(7-4-13)25(28)29)15(10-16)12-23-24-19(26)14-2-1-9-22-11-14/h1-12H,(H,24,26)/b23-12-. The number of carbonyl (C=O) groups is 2. The van der Waals surface area contributed by atoms with Crippen LogP contribution in [0.1, 0.15) is 26.3 Å². The number of carbonyl (C=O) groups excluding carboxylic acids is 2. The summed E-state index contributed by atoms with van der Waals surface area (Å²) in [5.41, 5.74) is 3.15. The summed E-state index contributed by atoms with van der Waals surface area (Å²) < 4.78 is 6.09. The average molecular weight is 469 g/mol. The number of esters is 1. The van der Waals surface area contributed by atoms with Gasteiger partial charge in [-0.3, -0.25) is 19.9 Å². The molecule has 2 aromatic carbocycles. The van der Waals surface area contributed by atoms with Gasteiger partial charge in [0.25, 0.3) is 11.6 Å². The molecular formula is C20H13BrN4O5. The Labute approximate surface area is 178 Å². The molecule has 0 radical (unpaired) electrons. The van der Waals surface area contributed by atoms with Crippen molar-refractivity contribution in [2.24, 2.45) is 5.10 Å². The zero-order valence-corrected chi connectivity index (χ0v) is 16.8. The molecule has 9 nitrogen and oxygen atoms in total.